The Balaban J connectivity index is 1.81. The van der Waals surface area contributed by atoms with E-state index in [1.807, 2.05) is 6.92 Å². The van der Waals surface area contributed by atoms with E-state index in [1.54, 1.807) is 55.6 Å². The highest BCUT2D eigenvalue weighted by Crippen LogP contribution is 2.23. The van der Waals surface area contributed by atoms with Crippen LogP contribution in [0.15, 0.2) is 48.5 Å². The van der Waals surface area contributed by atoms with Crippen molar-refractivity contribution in [2.24, 2.45) is 0 Å². The largest absolute Gasteiger partial charge is 0.497 e. The summed E-state index contributed by atoms with van der Waals surface area (Å²) in [6, 6.07) is 13.8. The molecule has 0 aliphatic carbocycles. The first kappa shape index (κ1) is 24.3. The van der Waals surface area contributed by atoms with Crippen molar-refractivity contribution in [3.8, 4) is 17.2 Å². The lowest BCUT2D eigenvalue weighted by Crippen LogP contribution is -2.37. The minimum absolute atomic E-state index is 0.162. The summed E-state index contributed by atoms with van der Waals surface area (Å²) < 4.78 is 41.6. The molecule has 0 saturated heterocycles. The van der Waals surface area contributed by atoms with E-state index in [4.69, 9.17) is 14.2 Å². The molecule has 0 radical (unpaired) electrons. The fraction of sp³-hybridized carbons (Fsp3) is 0.409. The van der Waals surface area contributed by atoms with Crippen molar-refractivity contribution in [3.63, 3.8) is 0 Å². The molecule has 0 aliphatic rings. The number of carbonyl (C=O) groups is 1. The van der Waals surface area contributed by atoms with Crippen molar-refractivity contribution < 1.29 is 27.4 Å². The topological polar surface area (TPSA) is 94.2 Å². The van der Waals surface area contributed by atoms with Gasteiger partial charge in [0, 0.05) is 19.0 Å². The van der Waals surface area contributed by atoms with Gasteiger partial charge in [-0.15, -0.1) is 0 Å². The van der Waals surface area contributed by atoms with Crippen LogP contribution in [0.1, 0.15) is 19.8 Å². The molecule has 0 heterocycles. The first-order chi connectivity index (χ1) is 14.7. The minimum atomic E-state index is -3.49. The molecule has 0 unspecified atom stereocenters. The van der Waals surface area contributed by atoms with E-state index in [0.717, 1.165) is 12.0 Å². The Morgan fingerprint density at radius 2 is 1.68 bits per heavy atom. The van der Waals surface area contributed by atoms with Gasteiger partial charge < -0.3 is 19.5 Å². The molecule has 8 nitrogen and oxygen atoms in total. The summed E-state index contributed by atoms with van der Waals surface area (Å²) in [6.07, 6.45) is 1.72. The first-order valence-electron chi connectivity index (χ1n) is 9.91. The number of hydrogen-bond donors (Lipinski definition) is 1. The number of benzene rings is 2. The maximum absolute atomic E-state index is 12.2. The molecule has 1 amide bonds. The third-order valence-electron chi connectivity index (χ3n) is 4.47. The van der Waals surface area contributed by atoms with Crippen molar-refractivity contribution in [3.05, 3.63) is 48.5 Å². The number of carbonyl (C=O) groups excluding carboxylic acids is 1. The van der Waals surface area contributed by atoms with E-state index in [0.29, 0.717) is 30.2 Å². The van der Waals surface area contributed by atoms with Crippen LogP contribution in [0.5, 0.6) is 17.2 Å². The zero-order valence-corrected chi connectivity index (χ0v) is 19.1. The zero-order valence-electron chi connectivity index (χ0n) is 18.3. The Hall–Kier alpha value is -2.94. The van der Waals surface area contributed by atoms with E-state index in [-0.39, 0.29) is 24.9 Å². The number of nitrogens with one attached hydrogen (secondary N) is 1. The van der Waals surface area contributed by atoms with Gasteiger partial charge in [0.2, 0.25) is 15.9 Å². The van der Waals surface area contributed by atoms with Crippen LogP contribution in [0, 0.1) is 0 Å². The van der Waals surface area contributed by atoms with Crippen LogP contribution < -0.4 is 23.8 Å². The second-order valence-corrected chi connectivity index (χ2v) is 9.00. The molecule has 0 bridgehead atoms. The summed E-state index contributed by atoms with van der Waals surface area (Å²) in [5.41, 5.74) is 0.503. The number of hydrogen-bond acceptors (Lipinski definition) is 6. The molecule has 0 aromatic heterocycles. The van der Waals surface area contributed by atoms with Crippen molar-refractivity contribution in [1.82, 2.24) is 5.32 Å². The van der Waals surface area contributed by atoms with Crippen LogP contribution in [0.25, 0.3) is 0 Å². The Labute approximate surface area is 184 Å². The molecule has 0 aliphatic heterocycles. The summed E-state index contributed by atoms with van der Waals surface area (Å²) >= 11 is 0. The SMILES string of the molecule is COc1ccc(OC[C@@H](C)NC(=O)CCCN(c2cccc(OC)c2)S(C)(=O)=O)cc1. The summed E-state index contributed by atoms with van der Waals surface area (Å²) in [7, 11) is -0.373. The van der Waals surface area contributed by atoms with Gasteiger partial charge in [-0.3, -0.25) is 9.10 Å². The van der Waals surface area contributed by atoms with Gasteiger partial charge in [0.1, 0.15) is 23.9 Å². The molecule has 170 valence electrons. The fourth-order valence-corrected chi connectivity index (χ4v) is 3.87. The quantitative estimate of drug-likeness (QED) is 0.534. The lowest BCUT2D eigenvalue weighted by atomic mass is 10.2. The summed E-state index contributed by atoms with van der Waals surface area (Å²) in [4.78, 5) is 12.2. The molecule has 1 N–H and O–H groups in total. The van der Waals surface area contributed by atoms with E-state index >= 15 is 0 Å². The van der Waals surface area contributed by atoms with Gasteiger partial charge in [0.25, 0.3) is 0 Å². The van der Waals surface area contributed by atoms with Crippen LogP contribution >= 0.6 is 0 Å². The van der Waals surface area contributed by atoms with Crippen LogP contribution in [-0.4, -0.2) is 54.0 Å². The van der Waals surface area contributed by atoms with E-state index < -0.39 is 10.0 Å². The maximum atomic E-state index is 12.2. The molecule has 0 saturated carbocycles. The van der Waals surface area contributed by atoms with E-state index in [2.05, 4.69) is 5.32 Å². The van der Waals surface area contributed by atoms with Gasteiger partial charge in [-0.2, -0.15) is 0 Å². The van der Waals surface area contributed by atoms with Gasteiger partial charge in [-0.1, -0.05) is 6.07 Å². The smallest absolute Gasteiger partial charge is 0.232 e. The standard InChI is InChI=1S/C22H30N2O6S/c1-17(16-30-20-12-10-19(28-2)11-13-20)23-22(25)9-6-14-24(31(4,26)27)18-7-5-8-21(15-18)29-3/h5,7-8,10-13,15,17H,6,9,14,16H2,1-4H3,(H,23,25)/t17-/m1/s1. The van der Waals surface area contributed by atoms with Crippen LogP contribution in [0.2, 0.25) is 0 Å². The molecule has 2 rings (SSSR count). The highest BCUT2D eigenvalue weighted by Gasteiger charge is 2.18. The lowest BCUT2D eigenvalue weighted by Gasteiger charge is -2.23. The summed E-state index contributed by atoms with van der Waals surface area (Å²) in [6.45, 7) is 2.36. The Kier molecular flexibility index (Phi) is 8.99. The number of rotatable bonds is 12. The second kappa shape index (κ2) is 11.5. The third kappa shape index (κ3) is 8.01. The normalized spacial score (nSPS) is 12.0. The number of methoxy groups -OCH3 is 2. The summed E-state index contributed by atoms with van der Waals surface area (Å²) in [5.74, 6) is 1.83. The predicted molar refractivity (Wildman–Crippen MR) is 121 cm³/mol. The fourth-order valence-electron chi connectivity index (χ4n) is 2.92. The number of ether oxygens (including phenoxy) is 3. The van der Waals surface area contributed by atoms with Gasteiger partial charge in [0.15, 0.2) is 0 Å². The molecular weight excluding hydrogens is 420 g/mol. The van der Waals surface area contributed by atoms with Gasteiger partial charge in [-0.05, 0) is 49.7 Å². The minimum Gasteiger partial charge on any atom is -0.497 e. The van der Waals surface area contributed by atoms with Crippen molar-refractivity contribution in [2.45, 2.75) is 25.8 Å². The average molecular weight is 451 g/mol. The molecule has 0 fully saturated rings. The van der Waals surface area contributed by atoms with Gasteiger partial charge in [0.05, 0.1) is 32.2 Å². The van der Waals surface area contributed by atoms with Gasteiger partial charge >= 0.3 is 0 Å². The maximum Gasteiger partial charge on any atom is 0.232 e. The van der Waals surface area contributed by atoms with Crippen LogP contribution in [0.3, 0.4) is 0 Å². The Bertz CT molecular complexity index is 947. The zero-order chi connectivity index (χ0) is 22.9. The predicted octanol–water partition coefficient (Wildman–Crippen LogP) is 2.83. The third-order valence-corrected chi connectivity index (χ3v) is 5.67. The van der Waals surface area contributed by atoms with Crippen LogP contribution in [0.4, 0.5) is 5.69 Å². The molecule has 2 aromatic carbocycles. The Morgan fingerprint density at radius 1 is 1.03 bits per heavy atom. The summed E-state index contributed by atoms with van der Waals surface area (Å²) in [5, 5.41) is 2.87. The number of amides is 1. The first-order valence-corrected chi connectivity index (χ1v) is 11.8. The Morgan fingerprint density at radius 3 is 2.29 bits per heavy atom. The van der Waals surface area contributed by atoms with Crippen LogP contribution in [-0.2, 0) is 14.8 Å². The molecule has 9 heteroatoms. The van der Waals surface area contributed by atoms with Crippen molar-refractivity contribution in [1.29, 1.82) is 0 Å². The molecule has 2 aromatic rings. The second-order valence-electron chi connectivity index (χ2n) is 7.10. The number of anilines is 1. The lowest BCUT2D eigenvalue weighted by molar-refractivity contribution is -0.121. The van der Waals surface area contributed by atoms with Crippen molar-refractivity contribution >= 4 is 21.6 Å². The van der Waals surface area contributed by atoms with E-state index in [1.165, 1.54) is 11.4 Å². The molecule has 1 atom stereocenters. The monoisotopic (exact) mass is 450 g/mol. The van der Waals surface area contributed by atoms with E-state index in [9.17, 15) is 13.2 Å². The highest BCUT2D eigenvalue weighted by molar-refractivity contribution is 7.92. The average Bonchev–Trinajstić information content (AvgIpc) is 2.74. The molecule has 31 heavy (non-hydrogen) atoms. The molecule has 0 spiro atoms. The highest BCUT2D eigenvalue weighted by atomic mass is 32.2. The number of nitrogens with zero attached hydrogens (tertiary/aromatic N) is 1. The number of sulfonamides is 1. The van der Waals surface area contributed by atoms with Crippen molar-refractivity contribution in [2.75, 3.05) is 37.9 Å². The molecular formula is C22H30N2O6S. The van der Waals surface area contributed by atoms with Gasteiger partial charge in [-0.25, -0.2) is 8.42 Å².